The molecule has 3 aromatic heterocycles. The second kappa shape index (κ2) is 6.43. The maximum Gasteiger partial charge on any atom is 0.267 e. The van der Waals surface area contributed by atoms with Crippen molar-refractivity contribution < 1.29 is 9.59 Å². The van der Waals surface area contributed by atoms with Crippen LogP contribution in [0.5, 0.6) is 0 Å². The summed E-state index contributed by atoms with van der Waals surface area (Å²) in [5.41, 5.74) is 3.96. The number of nitrogens with one attached hydrogen (secondary N) is 2. The Hall–Kier alpha value is -3.13. The molecule has 3 aliphatic heterocycles. The van der Waals surface area contributed by atoms with Crippen molar-refractivity contribution in [2.24, 2.45) is 0 Å². The molecule has 30 heavy (non-hydrogen) atoms. The molecule has 8 heteroatoms. The number of hydrogen-bond donors (Lipinski definition) is 2. The number of amides is 2. The van der Waals surface area contributed by atoms with Crippen molar-refractivity contribution in [3.8, 4) is 11.1 Å². The Morgan fingerprint density at radius 2 is 2.00 bits per heavy atom. The molecule has 2 amide bonds. The van der Waals surface area contributed by atoms with Gasteiger partial charge in [0.15, 0.2) is 0 Å². The van der Waals surface area contributed by atoms with Gasteiger partial charge in [-0.15, -0.1) is 0 Å². The highest BCUT2D eigenvalue weighted by Gasteiger charge is 2.41. The van der Waals surface area contributed by atoms with Crippen LogP contribution in [-0.2, 0) is 6.54 Å². The van der Waals surface area contributed by atoms with Gasteiger partial charge < -0.3 is 24.7 Å². The van der Waals surface area contributed by atoms with Crippen LogP contribution in [0.3, 0.4) is 0 Å². The maximum absolute atomic E-state index is 13.4. The van der Waals surface area contributed by atoms with E-state index in [1.807, 2.05) is 29.1 Å². The van der Waals surface area contributed by atoms with E-state index < -0.39 is 0 Å². The molecule has 8 nitrogen and oxygen atoms in total. The number of carbonyl (C=O) groups excluding carboxylic acids is 2. The first kappa shape index (κ1) is 17.7. The molecule has 2 N–H and O–H groups in total. The van der Waals surface area contributed by atoms with Gasteiger partial charge in [-0.25, -0.2) is 4.98 Å². The van der Waals surface area contributed by atoms with Crippen LogP contribution in [0.25, 0.3) is 22.2 Å². The molecule has 154 valence electrons. The van der Waals surface area contributed by atoms with E-state index in [0.717, 1.165) is 54.6 Å². The number of H-pyrrole nitrogens is 1. The van der Waals surface area contributed by atoms with Crippen molar-refractivity contribution in [3.05, 3.63) is 42.0 Å². The van der Waals surface area contributed by atoms with E-state index in [1.165, 1.54) is 0 Å². The zero-order valence-corrected chi connectivity index (χ0v) is 16.9. The Morgan fingerprint density at radius 1 is 1.20 bits per heavy atom. The lowest BCUT2D eigenvalue weighted by molar-refractivity contribution is 0.0472. The van der Waals surface area contributed by atoms with Gasteiger partial charge in [0.05, 0.1) is 5.56 Å². The van der Waals surface area contributed by atoms with Gasteiger partial charge >= 0.3 is 0 Å². The van der Waals surface area contributed by atoms with E-state index >= 15 is 0 Å². The third-order valence-corrected chi connectivity index (χ3v) is 6.76. The van der Waals surface area contributed by atoms with Gasteiger partial charge in [0, 0.05) is 73.4 Å². The zero-order chi connectivity index (χ0) is 20.4. The number of fused-ring (bicyclic) bond motifs is 4. The summed E-state index contributed by atoms with van der Waals surface area (Å²) in [4.78, 5) is 37.7. The first-order valence-electron chi connectivity index (χ1n) is 10.6. The second-order valence-corrected chi connectivity index (χ2v) is 8.70. The molecule has 2 unspecified atom stereocenters. The molecule has 3 aromatic rings. The molecular formula is C22H24N6O2. The highest BCUT2D eigenvalue weighted by Crippen LogP contribution is 2.33. The SMILES string of the molecule is CN1CC2CCC(C1)N2C(=O)c1cnc2[nH]cc(-c3cc4n(c3)CCNC4=O)c2c1. The van der Waals surface area contributed by atoms with Gasteiger partial charge in [0.2, 0.25) is 0 Å². The summed E-state index contributed by atoms with van der Waals surface area (Å²) in [6.07, 6.45) is 7.74. The van der Waals surface area contributed by atoms with Gasteiger partial charge in [-0.3, -0.25) is 9.59 Å². The highest BCUT2D eigenvalue weighted by molar-refractivity contribution is 6.02. The van der Waals surface area contributed by atoms with Crippen LogP contribution in [0.15, 0.2) is 30.7 Å². The number of likely N-dealkylation sites (tertiary alicyclic amines) is 1. The standard InChI is InChI=1S/C22H24N6O2/c1-26-11-15-2-3-16(12-26)28(15)22(30)13-6-17-18(9-25-20(17)24-8-13)14-7-19-21(29)23-4-5-27(19)10-14/h6-10,15-16H,2-5,11-12H2,1H3,(H,23,29)(H,24,25). The van der Waals surface area contributed by atoms with Gasteiger partial charge in [-0.05, 0) is 32.0 Å². The van der Waals surface area contributed by atoms with Crippen LogP contribution in [0.2, 0.25) is 0 Å². The molecule has 2 atom stereocenters. The first-order valence-corrected chi connectivity index (χ1v) is 10.6. The van der Waals surface area contributed by atoms with Crippen LogP contribution in [0, 0.1) is 0 Å². The largest absolute Gasteiger partial charge is 0.349 e. The molecule has 3 aliphatic rings. The minimum atomic E-state index is -0.0492. The van der Waals surface area contributed by atoms with Gasteiger partial charge in [0.1, 0.15) is 11.3 Å². The van der Waals surface area contributed by atoms with Crippen molar-refractivity contribution in [1.82, 2.24) is 29.7 Å². The zero-order valence-electron chi connectivity index (χ0n) is 16.9. The van der Waals surface area contributed by atoms with Crippen LogP contribution in [-0.4, -0.2) is 74.9 Å². The number of aromatic nitrogens is 3. The maximum atomic E-state index is 13.4. The molecule has 2 bridgehead atoms. The third-order valence-electron chi connectivity index (χ3n) is 6.76. The Morgan fingerprint density at radius 3 is 2.77 bits per heavy atom. The van der Waals surface area contributed by atoms with Gasteiger partial charge in [-0.1, -0.05) is 0 Å². The lowest BCUT2D eigenvalue weighted by Gasteiger charge is -2.39. The normalized spacial score (nSPS) is 23.6. The number of pyridine rings is 1. The van der Waals surface area contributed by atoms with Crippen LogP contribution < -0.4 is 5.32 Å². The summed E-state index contributed by atoms with van der Waals surface area (Å²) in [6.45, 7) is 3.27. The summed E-state index contributed by atoms with van der Waals surface area (Å²) in [5, 5.41) is 3.79. The number of hydrogen-bond acceptors (Lipinski definition) is 4. The van der Waals surface area contributed by atoms with E-state index in [9.17, 15) is 9.59 Å². The molecule has 6 rings (SSSR count). The van der Waals surface area contributed by atoms with Gasteiger partial charge in [-0.2, -0.15) is 0 Å². The number of likely N-dealkylation sites (N-methyl/N-ethyl adjacent to an activating group) is 1. The lowest BCUT2D eigenvalue weighted by atomic mass is 10.1. The molecule has 0 aromatic carbocycles. The van der Waals surface area contributed by atoms with E-state index in [-0.39, 0.29) is 11.8 Å². The quantitative estimate of drug-likeness (QED) is 0.681. The molecule has 2 saturated heterocycles. The van der Waals surface area contributed by atoms with E-state index in [2.05, 4.69) is 32.1 Å². The van der Waals surface area contributed by atoms with Crippen molar-refractivity contribution >= 4 is 22.8 Å². The second-order valence-electron chi connectivity index (χ2n) is 8.70. The topological polar surface area (TPSA) is 86.3 Å². The monoisotopic (exact) mass is 404 g/mol. The highest BCUT2D eigenvalue weighted by atomic mass is 16.2. The Kier molecular flexibility index (Phi) is 3.80. The molecule has 6 heterocycles. The molecular weight excluding hydrogens is 380 g/mol. The van der Waals surface area contributed by atoms with Crippen LogP contribution in [0.1, 0.15) is 33.7 Å². The fourth-order valence-electron chi connectivity index (χ4n) is 5.37. The minimum absolute atomic E-state index is 0.0492. The number of nitrogens with zero attached hydrogens (tertiary/aromatic N) is 4. The van der Waals surface area contributed by atoms with Crippen molar-refractivity contribution in [2.45, 2.75) is 31.5 Å². The Bertz CT molecular complexity index is 1160. The van der Waals surface area contributed by atoms with Crippen LogP contribution in [0.4, 0.5) is 0 Å². The predicted molar refractivity (Wildman–Crippen MR) is 112 cm³/mol. The average molecular weight is 404 g/mol. The third kappa shape index (κ3) is 2.60. The minimum Gasteiger partial charge on any atom is -0.349 e. The Labute approximate surface area is 173 Å². The molecule has 0 saturated carbocycles. The number of carbonyl (C=O) groups is 2. The molecule has 0 radical (unpaired) electrons. The average Bonchev–Trinajstić information content (AvgIpc) is 3.41. The van der Waals surface area contributed by atoms with Crippen molar-refractivity contribution in [1.29, 1.82) is 0 Å². The summed E-state index contributed by atoms with van der Waals surface area (Å²) < 4.78 is 1.98. The molecule has 0 spiro atoms. The summed E-state index contributed by atoms with van der Waals surface area (Å²) in [5.74, 6) is 0.0274. The number of rotatable bonds is 2. The number of aromatic amines is 1. The summed E-state index contributed by atoms with van der Waals surface area (Å²) in [6, 6.07) is 4.44. The summed E-state index contributed by atoms with van der Waals surface area (Å²) >= 11 is 0. The van der Waals surface area contributed by atoms with E-state index in [0.29, 0.717) is 29.9 Å². The Balaban J connectivity index is 1.38. The van der Waals surface area contributed by atoms with Crippen molar-refractivity contribution in [2.75, 3.05) is 26.7 Å². The van der Waals surface area contributed by atoms with Gasteiger partial charge in [0.25, 0.3) is 11.8 Å². The van der Waals surface area contributed by atoms with E-state index in [1.54, 1.807) is 6.20 Å². The fraction of sp³-hybridized carbons (Fsp3) is 0.409. The number of piperazine rings is 1. The molecule has 0 aliphatic carbocycles. The van der Waals surface area contributed by atoms with Crippen molar-refractivity contribution in [3.63, 3.8) is 0 Å². The summed E-state index contributed by atoms with van der Waals surface area (Å²) in [7, 11) is 2.13. The smallest absolute Gasteiger partial charge is 0.267 e. The first-order chi connectivity index (χ1) is 14.6. The predicted octanol–water partition coefficient (Wildman–Crippen LogP) is 1.69. The van der Waals surface area contributed by atoms with Crippen LogP contribution >= 0.6 is 0 Å². The van der Waals surface area contributed by atoms with E-state index in [4.69, 9.17) is 0 Å². The molecule has 2 fully saturated rings. The lowest BCUT2D eigenvalue weighted by Crippen LogP contribution is -2.54. The fourth-order valence-corrected chi connectivity index (χ4v) is 5.37.